The Morgan fingerprint density at radius 2 is 1.88 bits per heavy atom. The van der Waals surface area contributed by atoms with Gasteiger partial charge in [-0.2, -0.15) is 5.26 Å². The third kappa shape index (κ3) is 5.04. The van der Waals surface area contributed by atoms with Gasteiger partial charge in [-0.1, -0.05) is 18.2 Å². The van der Waals surface area contributed by atoms with E-state index in [1.165, 1.54) is 41.7 Å². The van der Waals surface area contributed by atoms with Crippen LogP contribution in [0.2, 0.25) is 0 Å². The van der Waals surface area contributed by atoms with Gasteiger partial charge in [-0.3, -0.25) is 4.72 Å². The van der Waals surface area contributed by atoms with Crippen LogP contribution < -0.4 is 4.72 Å². The number of aliphatic hydroxyl groups excluding tert-OH is 1. The van der Waals surface area contributed by atoms with Crippen LogP contribution in [0.1, 0.15) is 15.4 Å². The molecule has 2 heterocycles. The summed E-state index contributed by atoms with van der Waals surface area (Å²) in [5.74, 6) is -1.15. The molecule has 0 saturated carbocycles. The zero-order valence-electron chi connectivity index (χ0n) is 16.8. The Morgan fingerprint density at radius 1 is 1.12 bits per heavy atom. The summed E-state index contributed by atoms with van der Waals surface area (Å²) >= 11 is 2.34. The number of fused-ring (bicyclic) bond motifs is 1. The monoisotopic (exact) mass is 497 g/mol. The zero-order valence-corrected chi connectivity index (χ0v) is 19.2. The van der Waals surface area contributed by atoms with Gasteiger partial charge in [0, 0.05) is 5.69 Å². The maximum absolute atomic E-state index is 12.3. The summed E-state index contributed by atoms with van der Waals surface area (Å²) in [5.41, 5.74) is 1.07. The number of esters is 1. The predicted octanol–water partition coefficient (Wildman–Crippen LogP) is 4.81. The van der Waals surface area contributed by atoms with Crippen molar-refractivity contribution >= 4 is 60.1 Å². The number of thiazole rings is 1. The standard InChI is InChI=1S/C22H15N3O5S3/c23-12-16(21-24-17-4-1-2-5-19(17)32-21)18(26)13-30-22(27)14-7-9-15(10-8-14)25-33(28,29)20-6-3-11-31-20/h1-11,25-26H,13H2. The molecule has 0 aliphatic rings. The first-order valence-corrected chi connectivity index (χ1v) is 12.6. The number of aliphatic hydroxyl groups is 1. The molecule has 166 valence electrons. The highest BCUT2D eigenvalue weighted by atomic mass is 32.2. The molecule has 0 unspecified atom stereocenters. The maximum Gasteiger partial charge on any atom is 0.338 e. The van der Waals surface area contributed by atoms with Crippen molar-refractivity contribution in [1.29, 1.82) is 5.26 Å². The van der Waals surface area contributed by atoms with Crippen molar-refractivity contribution < 1.29 is 23.1 Å². The fourth-order valence-corrected chi connectivity index (χ4v) is 5.83. The second kappa shape index (κ2) is 9.41. The largest absolute Gasteiger partial charge is 0.507 e. The van der Waals surface area contributed by atoms with Crippen molar-refractivity contribution in [3.8, 4) is 6.07 Å². The minimum Gasteiger partial charge on any atom is -0.507 e. The van der Waals surface area contributed by atoms with Gasteiger partial charge in [0.15, 0.2) is 5.76 Å². The molecule has 0 aliphatic carbocycles. The van der Waals surface area contributed by atoms with Crippen molar-refractivity contribution in [3.63, 3.8) is 0 Å². The number of nitriles is 1. The smallest absolute Gasteiger partial charge is 0.338 e. The summed E-state index contributed by atoms with van der Waals surface area (Å²) in [6, 6.07) is 18.0. The average molecular weight is 498 g/mol. The number of hydrogen-bond donors (Lipinski definition) is 2. The molecule has 2 aromatic heterocycles. The number of hydrogen-bond acceptors (Lipinski definition) is 9. The summed E-state index contributed by atoms with van der Waals surface area (Å²) in [7, 11) is -3.70. The van der Waals surface area contributed by atoms with Crippen molar-refractivity contribution in [2.75, 3.05) is 11.3 Å². The molecule has 4 rings (SSSR count). The number of sulfonamides is 1. The number of allylic oxidation sites excluding steroid dienone is 1. The minimum absolute atomic E-state index is 0.0673. The lowest BCUT2D eigenvalue weighted by molar-refractivity contribution is 0.0503. The van der Waals surface area contributed by atoms with E-state index in [9.17, 15) is 23.6 Å². The van der Waals surface area contributed by atoms with Gasteiger partial charge in [0.2, 0.25) is 0 Å². The Kier molecular flexibility index (Phi) is 6.41. The van der Waals surface area contributed by atoms with Crippen molar-refractivity contribution in [3.05, 3.63) is 82.4 Å². The number of benzene rings is 2. The van der Waals surface area contributed by atoms with E-state index in [2.05, 4.69) is 9.71 Å². The number of para-hydroxylation sites is 1. The van der Waals surface area contributed by atoms with Crippen LogP contribution in [-0.2, 0) is 14.8 Å². The fraction of sp³-hybridized carbons (Fsp3) is 0.0455. The Morgan fingerprint density at radius 3 is 2.55 bits per heavy atom. The molecule has 0 radical (unpaired) electrons. The van der Waals surface area contributed by atoms with E-state index in [0.717, 1.165) is 16.0 Å². The van der Waals surface area contributed by atoms with E-state index in [1.54, 1.807) is 17.5 Å². The molecule has 2 N–H and O–H groups in total. The number of carbonyl (C=O) groups is 1. The molecule has 33 heavy (non-hydrogen) atoms. The van der Waals surface area contributed by atoms with E-state index in [4.69, 9.17) is 4.74 Å². The second-order valence-electron chi connectivity index (χ2n) is 6.61. The summed E-state index contributed by atoms with van der Waals surface area (Å²) < 4.78 is 33.1. The molecule has 8 nitrogen and oxygen atoms in total. The van der Waals surface area contributed by atoms with Crippen molar-refractivity contribution in [2.45, 2.75) is 4.21 Å². The summed E-state index contributed by atoms with van der Waals surface area (Å²) in [5, 5.41) is 21.8. The first-order valence-electron chi connectivity index (χ1n) is 9.39. The predicted molar refractivity (Wildman–Crippen MR) is 127 cm³/mol. The number of anilines is 1. The lowest BCUT2D eigenvalue weighted by Gasteiger charge is -2.08. The Labute approximate surface area is 197 Å². The minimum atomic E-state index is -3.70. The van der Waals surface area contributed by atoms with Crippen molar-refractivity contribution in [2.24, 2.45) is 0 Å². The molecule has 0 amide bonds. The molecule has 0 saturated heterocycles. The fourth-order valence-electron chi connectivity index (χ4n) is 2.80. The van der Waals surface area contributed by atoms with Crippen LogP contribution in [0, 0.1) is 11.3 Å². The van der Waals surface area contributed by atoms with E-state index >= 15 is 0 Å². The highest BCUT2D eigenvalue weighted by Crippen LogP contribution is 2.28. The first-order chi connectivity index (χ1) is 15.9. The number of carbonyl (C=O) groups excluding carboxylic acids is 1. The summed E-state index contributed by atoms with van der Waals surface area (Å²) in [6.45, 7) is -0.510. The van der Waals surface area contributed by atoms with Crippen LogP contribution >= 0.6 is 22.7 Å². The average Bonchev–Trinajstić information content (AvgIpc) is 3.49. The Bertz CT molecular complexity index is 1450. The van der Waals surface area contributed by atoms with Gasteiger partial charge in [-0.15, -0.1) is 22.7 Å². The van der Waals surface area contributed by atoms with Crippen LogP contribution in [0.15, 0.2) is 76.0 Å². The normalized spacial score (nSPS) is 12.1. The topological polar surface area (TPSA) is 129 Å². The van der Waals surface area contributed by atoms with Crippen LogP contribution in [0.5, 0.6) is 0 Å². The van der Waals surface area contributed by atoms with Crippen LogP contribution in [0.3, 0.4) is 0 Å². The van der Waals surface area contributed by atoms with Gasteiger partial charge in [0.25, 0.3) is 10.0 Å². The third-order valence-corrected chi connectivity index (χ3v) is 8.21. The number of nitrogens with zero attached hydrogens (tertiary/aromatic N) is 2. The van der Waals surface area contributed by atoms with Gasteiger partial charge in [-0.25, -0.2) is 18.2 Å². The van der Waals surface area contributed by atoms with Crippen LogP contribution in [-0.4, -0.2) is 31.1 Å². The van der Waals surface area contributed by atoms with Gasteiger partial charge in [-0.05, 0) is 47.8 Å². The van der Waals surface area contributed by atoms with Gasteiger partial charge in [0.1, 0.15) is 27.5 Å². The highest BCUT2D eigenvalue weighted by molar-refractivity contribution is 7.94. The lowest BCUT2D eigenvalue weighted by atomic mass is 10.2. The van der Waals surface area contributed by atoms with Crippen LogP contribution in [0.25, 0.3) is 15.8 Å². The van der Waals surface area contributed by atoms with E-state index in [-0.39, 0.29) is 21.0 Å². The number of aromatic nitrogens is 1. The molecule has 0 spiro atoms. The molecule has 11 heteroatoms. The SMILES string of the molecule is N#CC(=C(O)COC(=O)c1ccc(NS(=O)(=O)c2cccs2)cc1)c1nc2ccccc2s1. The quantitative estimate of drug-likeness (QED) is 0.213. The van der Waals surface area contributed by atoms with E-state index in [0.29, 0.717) is 10.5 Å². The van der Waals surface area contributed by atoms with Crippen LogP contribution in [0.4, 0.5) is 5.69 Å². The van der Waals surface area contributed by atoms with Gasteiger partial charge >= 0.3 is 5.97 Å². The Balaban J connectivity index is 1.43. The lowest BCUT2D eigenvalue weighted by Crippen LogP contribution is -2.12. The molecule has 0 fully saturated rings. The van der Waals surface area contributed by atoms with Gasteiger partial charge in [0.05, 0.1) is 15.8 Å². The Hall–Kier alpha value is -3.72. The highest BCUT2D eigenvalue weighted by Gasteiger charge is 2.17. The maximum atomic E-state index is 12.3. The summed E-state index contributed by atoms with van der Waals surface area (Å²) in [4.78, 5) is 16.7. The molecular formula is C22H15N3O5S3. The van der Waals surface area contributed by atoms with Crippen molar-refractivity contribution in [1.82, 2.24) is 4.98 Å². The zero-order chi connectivity index (χ0) is 23.4. The second-order valence-corrected chi connectivity index (χ2v) is 10.5. The number of nitrogens with one attached hydrogen (secondary N) is 1. The molecule has 4 aromatic rings. The van der Waals surface area contributed by atoms with Gasteiger partial charge < -0.3 is 9.84 Å². The first kappa shape index (κ1) is 22.5. The number of ether oxygens (including phenoxy) is 1. The van der Waals surface area contributed by atoms with E-state index < -0.39 is 28.4 Å². The molecule has 0 aliphatic heterocycles. The molecule has 0 atom stereocenters. The molecule has 2 aromatic carbocycles. The molecule has 0 bridgehead atoms. The molecular weight excluding hydrogens is 482 g/mol. The summed E-state index contributed by atoms with van der Waals surface area (Å²) in [6.07, 6.45) is 0. The third-order valence-electron chi connectivity index (χ3n) is 4.38. The number of rotatable bonds is 7. The van der Waals surface area contributed by atoms with E-state index in [1.807, 2.05) is 24.3 Å². The number of thiophene rings is 1.